The van der Waals surface area contributed by atoms with Gasteiger partial charge in [-0.1, -0.05) is 18.2 Å². The number of rotatable bonds is 4. The number of para-hydroxylation sites is 1. The van der Waals surface area contributed by atoms with E-state index in [4.69, 9.17) is 4.74 Å². The van der Waals surface area contributed by atoms with Crippen LogP contribution in [0.1, 0.15) is 10.5 Å². The lowest BCUT2D eigenvalue weighted by molar-refractivity contribution is 0.102. The van der Waals surface area contributed by atoms with Crippen LogP contribution in [0.4, 0.5) is 5.69 Å². The smallest absolute Gasteiger partial charge is 0.272 e. The maximum absolute atomic E-state index is 12.3. The normalized spacial score (nSPS) is 10.7. The molecule has 24 heavy (non-hydrogen) atoms. The van der Waals surface area contributed by atoms with E-state index in [1.54, 1.807) is 11.3 Å². The van der Waals surface area contributed by atoms with Gasteiger partial charge in [0.15, 0.2) is 0 Å². The van der Waals surface area contributed by atoms with Gasteiger partial charge in [0.05, 0.1) is 10.2 Å². The van der Waals surface area contributed by atoms with Crippen molar-refractivity contribution in [3.63, 3.8) is 0 Å². The van der Waals surface area contributed by atoms with Crippen LogP contribution < -0.4 is 10.1 Å². The third kappa shape index (κ3) is 3.02. The summed E-state index contributed by atoms with van der Waals surface area (Å²) < 4.78 is 6.81. The van der Waals surface area contributed by atoms with Crippen molar-refractivity contribution in [1.82, 2.24) is 4.98 Å². The number of anilines is 1. The summed E-state index contributed by atoms with van der Waals surface area (Å²) in [5.74, 6) is 1.34. The summed E-state index contributed by atoms with van der Waals surface area (Å²) in [5.41, 5.74) is 2.26. The summed E-state index contributed by atoms with van der Waals surface area (Å²) in [6.45, 7) is 0. The highest BCUT2D eigenvalue weighted by Gasteiger charge is 2.10. The Labute approximate surface area is 142 Å². The first kappa shape index (κ1) is 14.5. The number of carbonyl (C=O) groups is 1. The zero-order valence-electron chi connectivity index (χ0n) is 12.7. The van der Waals surface area contributed by atoms with Gasteiger partial charge in [-0.15, -0.1) is 11.3 Å². The number of benzene rings is 2. The number of amides is 1. The SMILES string of the molecule is O=C(Nc1ccc(Oc2ccccc2)cc1)c1cc2sccc2[nH]1. The fourth-order valence-corrected chi connectivity index (χ4v) is 3.18. The van der Waals surface area contributed by atoms with Crippen LogP contribution in [0, 0.1) is 0 Å². The van der Waals surface area contributed by atoms with Gasteiger partial charge in [-0.3, -0.25) is 4.79 Å². The molecule has 0 aliphatic rings. The first-order chi connectivity index (χ1) is 11.8. The van der Waals surface area contributed by atoms with E-state index in [2.05, 4.69) is 10.3 Å². The van der Waals surface area contributed by atoms with E-state index in [0.717, 1.165) is 27.4 Å². The number of nitrogens with one attached hydrogen (secondary N) is 2. The van der Waals surface area contributed by atoms with Crippen molar-refractivity contribution in [2.45, 2.75) is 0 Å². The van der Waals surface area contributed by atoms with Crippen molar-refractivity contribution in [1.29, 1.82) is 0 Å². The second kappa shape index (κ2) is 6.22. The molecule has 2 aromatic carbocycles. The molecular formula is C19H14N2O2S. The molecule has 0 bridgehead atoms. The molecule has 0 fully saturated rings. The molecule has 0 spiro atoms. The molecule has 4 rings (SSSR count). The lowest BCUT2D eigenvalue weighted by atomic mass is 10.3. The minimum atomic E-state index is -0.157. The maximum atomic E-state index is 12.3. The highest BCUT2D eigenvalue weighted by Crippen LogP contribution is 2.24. The van der Waals surface area contributed by atoms with Crippen LogP contribution in [-0.2, 0) is 0 Å². The number of fused-ring (bicyclic) bond motifs is 1. The molecule has 0 saturated heterocycles. The molecule has 0 aliphatic heterocycles. The monoisotopic (exact) mass is 334 g/mol. The standard InChI is InChI=1S/C19H14N2O2S/c22-19(17-12-18-16(21-17)10-11-24-18)20-13-6-8-15(9-7-13)23-14-4-2-1-3-5-14/h1-12,21H,(H,20,22). The Bertz CT molecular complexity index is 943. The average molecular weight is 334 g/mol. The van der Waals surface area contributed by atoms with Crippen LogP contribution in [0.15, 0.2) is 72.1 Å². The lowest BCUT2D eigenvalue weighted by Gasteiger charge is -2.07. The fraction of sp³-hybridized carbons (Fsp3) is 0. The van der Waals surface area contributed by atoms with E-state index in [1.165, 1.54) is 0 Å². The second-order valence-corrected chi connectivity index (χ2v) is 6.22. The van der Waals surface area contributed by atoms with Crippen molar-refractivity contribution in [2.75, 3.05) is 5.32 Å². The molecule has 4 nitrogen and oxygen atoms in total. The van der Waals surface area contributed by atoms with E-state index in [1.807, 2.05) is 72.1 Å². The first-order valence-electron chi connectivity index (χ1n) is 7.48. The van der Waals surface area contributed by atoms with Crippen molar-refractivity contribution in [3.8, 4) is 11.5 Å². The predicted octanol–water partition coefficient (Wildman–Crippen LogP) is 5.27. The van der Waals surface area contributed by atoms with Gasteiger partial charge in [0, 0.05) is 5.69 Å². The van der Waals surface area contributed by atoms with Gasteiger partial charge in [0.1, 0.15) is 17.2 Å². The molecule has 0 aliphatic carbocycles. The minimum absolute atomic E-state index is 0.157. The van der Waals surface area contributed by atoms with Crippen molar-refractivity contribution >= 4 is 33.1 Å². The Morgan fingerprint density at radius 1 is 0.958 bits per heavy atom. The van der Waals surface area contributed by atoms with E-state index in [0.29, 0.717) is 5.69 Å². The number of aromatic amines is 1. The van der Waals surface area contributed by atoms with Crippen LogP contribution in [-0.4, -0.2) is 10.9 Å². The van der Waals surface area contributed by atoms with Crippen LogP contribution >= 0.6 is 11.3 Å². The van der Waals surface area contributed by atoms with Gasteiger partial charge in [-0.25, -0.2) is 0 Å². The first-order valence-corrected chi connectivity index (χ1v) is 8.36. The highest BCUT2D eigenvalue weighted by atomic mass is 32.1. The van der Waals surface area contributed by atoms with E-state index < -0.39 is 0 Å². The number of hydrogen-bond donors (Lipinski definition) is 2. The van der Waals surface area contributed by atoms with Crippen molar-refractivity contribution in [3.05, 3.63) is 77.8 Å². The molecule has 0 radical (unpaired) electrons. The highest BCUT2D eigenvalue weighted by molar-refractivity contribution is 7.17. The Balaban J connectivity index is 1.45. The van der Waals surface area contributed by atoms with Gasteiger partial charge in [-0.05, 0) is 53.9 Å². The van der Waals surface area contributed by atoms with Crippen LogP contribution in [0.25, 0.3) is 10.2 Å². The van der Waals surface area contributed by atoms with Gasteiger partial charge in [0.2, 0.25) is 0 Å². The molecule has 0 atom stereocenters. The van der Waals surface area contributed by atoms with Crippen molar-refractivity contribution < 1.29 is 9.53 Å². The molecule has 2 aromatic heterocycles. The Kier molecular flexibility index (Phi) is 3.76. The Hall–Kier alpha value is -3.05. The number of thiophene rings is 1. The third-order valence-electron chi connectivity index (χ3n) is 3.58. The molecular weight excluding hydrogens is 320 g/mol. The topological polar surface area (TPSA) is 54.1 Å². The van der Waals surface area contributed by atoms with Gasteiger partial charge in [0.25, 0.3) is 5.91 Å². The zero-order chi connectivity index (χ0) is 16.4. The van der Waals surface area contributed by atoms with E-state index in [9.17, 15) is 4.79 Å². The summed E-state index contributed by atoms with van der Waals surface area (Å²) in [7, 11) is 0. The molecule has 5 heteroatoms. The summed E-state index contributed by atoms with van der Waals surface area (Å²) in [5, 5.41) is 4.87. The van der Waals surface area contributed by atoms with Crippen LogP contribution in [0.5, 0.6) is 11.5 Å². The van der Waals surface area contributed by atoms with Gasteiger partial charge >= 0.3 is 0 Å². The number of H-pyrrole nitrogens is 1. The van der Waals surface area contributed by atoms with E-state index in [-0.39, 0.29) is 5.91 Å². The molecule has 4 aromatic rings. The van der Waals surface area contributed by atoms with Crippen molar-refractivity contribution in [2.24, 2.45) is 0 Å². The maximum Gasteiger partial charge on any atom is 0.272 e. The zero-order valence-corrected chi connectivity index (χ0v) is 13.5. The molecule has 1 amide bonds. The molecule has 2 N–H and O–H groups in total. The summed E-state index contributed by atoms with van der Waals surface area (Å²) in [6.07, 6.45) is 0. The van der Waals surface area contributed by atoms with E-state index >= 15 is 0 Å². The molecule has 2 heterocycles. The van der Waals surface area contributed by atoms with Crippen LogP contribution in [0.3, 0.4) is 0 Å². The predicted molar refractivity (Wildman–Crippen MR) is 97.1 cm³/mol. The number of hydrogen-bond acceptors (Lipinski definition) is 3. The summed E-state index contributed by atoms with van der Waals surface area (Å²) in [4.78, 5) is 15.4. The average Bonchev–Trinajstić information content (AvgIpc) is 3.19. The van der Waals surface area contributed by atoms with Gasteiger partial charge < -0.3 is 15.0 Å². The summed E-state index contributed by atoms with van der Waals surface area (Å²) in [6, 6.07) is 20.7. The van der Waals surface area contributed by atoms with Crippen LogP contribution in [0.2, 0.25) is 0 Å². The molecule has 0 unspecified atom stereocenters. The molecule has 0 saturated carbocycles. The second-order valence-electron chi connectivity index (χ2n) is 5.28. The Morgan fingerprint density at radius 2 is 1.71 bits per heavy atom. The summed E-state index contributed by atoms with van der Waals surface area (Å²) >= 11 is 1.61. The Morgan fingerprint density at radius 3 is 2.46 bits per heavy atom. The largest absolute Gasteiger partial charge is 0.457 e. The number of aromatic nitrogens is 1. The lowest BCUT2D eigenvalue weighted by Crippen LogP contribution is -2.12. The van der Waals surface area contributed by atoms with Gasteiger partial charge in [-0.2, -0.15) is 0 Å². The fourth-order valence-electron chi connectivity index (χ4n) is 2.40. The molecule has 118 valence electrons. The third-order valence-corrected chi connectivity index (χ3v) is 4.44. The number of ether oxygens (including phenoxy) is 1. The quantitative estimate of drug-likeness (QED) is 0.534. The minimum Gasteiger partial charge on any atom is -0.457 e. The number of carbonyl (C=O) groups excluding carboxylic acids is 1.